The van der Waals surface area contributed by atoms with E-state index in [1.54, 1.807) is 6.08 Å². The molecule has 0 aliphatic rings. The highest BCUT2D eigenvalue weighted by Crippen LogP contribution is 2.10. The van der Waals surface area contributed by atoms with E-state index < -0.39 is 0 Å². The lowest BCUT2D eigenvalue weighted by molar-refractivity contribution is 0.0905. The third kappa shape index (κ3) is 1.79. The van der Waals surface area contributed by atoms with E-state index in [1.165, 1.54) is 4.68 Å². The van der Waals surface area contributed by atoms with Crippen molar-refractivity contribution in [2.75, 3.05) is 0 Å². The first kappa shape index (κ1) is 9.58. The molecule has 0 saturated heterocycles. The second-order valence-corrected chi connectivity index (χ2v) is 3.16. The summed E-state index contributed by atoms with van der Waals surface area (Å²) in [5.74, 6) is -0.0678. The SMILES string of the molecule is C/C=C/CC(=O)n1nnc2ccccc21. The van der Waals surface area contributed by atoms with Gasteiger partial charge < -0.3 is 0 Å². The first-order valence-electron chi connectivity index (χ1n) is 4.77. The van der Waals surface area contributed by atoms with Gasteiger partial charge in [-0.2, -0.15) is 4.68 Å². The zero-order valence-corrected chi connectivity index (χ0v) is 8.42. The molecular weight excluding hydrogens is 190 g/mol. The van der Waals surface area contributed by atoms with E-state index in [0.29, 0.717) is 6.42 Å². The Kier molecular flexibility index (Phi) is 2.58. The minimum absolute atomic E-state index is 0.0678. The van der Waals surface area contributed by atoms with Gasteiger partial charge >= 0.3 is 0 Å². The van der Waals surface area contributed by atoms with Crippen molar-refractivity contribution >= 4 is 16.9 Å². The summed E-state index contributed by atoms with van der Waals surface area (Å²) in [6.45, 7) is 1.88. The molecule has 1 heterocycles. The first-order chi connectivity index (χ1) is 7.33. The molecule has 0 unspecified atom stereocenters. The van der Waals surface area contributed by atoms with Gasteiger partial charge in [0.15, 0.2) is 0 Å². The van der Waals surface area contributed by atoms with E-state index in [2.05, 4.69) is 10.3 Å². The third-order valence-corrected chi connectivity index (χ3v) is 2.12. The van der Waals surface area contributed by atoms with Gasteiger partial charge in [-0.15, -0.1) is 5.10 Å². The van der Waals surface area contributed by atoms with Crippen LogP contribution in [0.2, 0.25) is 0 Å². The molecule has 76 valence electrons. The maximum atomic E-state index is 11.7. The van der Waals surface area contributed by atoms with Crippen molar-refractivity contribution in [3.63, 3.8) is 0 Å². The van der Waals surface area contributed by atoms with Crippen LogP contribution in [-0.2, 0) is 0 Å². The Labute approximate surface area is 87.2 Å². The molecule has 0 radical (unpaired) electrons. The van der Waals surface area contributed by atoms with Crippen LogP contribution < -0.4 is 0 Å². The van der Waals surface area contributed by atoms with E-state index in [4.69, 9.17) is 0 Å². The monoisotopic (exact) mass is 201 g/mol. The first-order valence-corrected chi connectivity index (χ1v) is 4.77. The summed E-state index contributed by atoms with van der Waals surface area (Å²) >= 11 is 0. The van der Waals surface area contributed by atoms with Crippen LogP contribution in [0.4, 0.5) is 0 Å². The van der Waals surface area contributed by atoms with Gasteiger partial charge in [-0.25, -0.2) is 0 Å². The van der Waals surface area contributed by atoms with E-state index in [9.17, 15) is 4.79 Å². The highest BCUT2D eigenvalue weighted by Gasteiger charge is 2.09. The molecule has 0 aliphatic carbocycles. The summed E-state index contributed by atoms with van der Waals surface area (Å²) < 4.78 is 1.34. The Morgan fingerprint density at radius 1 is 1.47 bits per heavy atom. The number of para-hydroxylation sites is 1. The normalized spacial score (nSPS) is 11.3. The summed E-state index contributed by atoms with van der Waals surface area (Å²) in [4.78, 5) is 11.7. The van der Waals surface area contributed by atoms with E-state index >= 15 is 0 Å². The summed E-state index contributed by atoms with van der Waals surface area (Å²) in [6.07, 6.45) is 4.00. The van der Waals surface area contributed by atoms with Crippen LogP contribution in [0.15, 0.2) is 36.4 Å². The Morgan fingerprint density at radius 3 is 3.07 bits per heavy atom. The molecule has 4 nitrogen and oxygen atoms in total. The highest BCUT2D eigenvalue weighted by molar-refractivity contribution is 5.89. The van der Waals surface area contributed by atoms with Crippen molar-refractivity contribution in [1.29, 1.82) is 0 Å². The minimum atomic E-state index is -0.0678. The number of fused-ring (bicyclic) bond motifs is 1. The smallest absolute Gasteiger partial charge is 0.252 e. The van der Waals surface area contributed by atoms with Crippen molar-refractivity contribution in [1.82, 2.24) is 15.0 Å². The number of carbonyl (C=O) groups excluding carboxylic acids is 1. The fourth-order valence-electron chi connectivity index (χ4n) is 1.36. The van der Waals surface area contributed by atoms with E-state index in [0.717, 1.165) is 11.0 Å². The van der Waals surface area contributed by atoms with Crippen LogP contribution in [0.1, 0.15) is 18.1 Å². The lowest BCUT2D eigenvalue weighted by Gasteiger charge is -1.96. The number of aromatic nitrogens is 3. The van der Waals surface area contributed by atoms with E-state index in [-0.39, 0.29) is 5.91 Å². The summed E-state index contributed by atoms with van der Waals surface area (Å²) in [5, 5.41) is 7.75. The van der Waals surface area contributed by atoms with Crippen molar-refractivity contribution in [3.05, 3.63) is 36.4 Å². The van der Waals surface area contributed by atoms with Gasteiger partial charge in [0.05, 0.1) is 5.52 Å². The summed E-state index contributed by atoms with van der Waals surface area (Å²) in [5.41, 5.74) is 1.50. The lowest BCUT2D eigenvalue weighted by atomic mass is 10.3. The molecule has 0 spiro atoms. The van der Waals surface area contributed by atoms with Gasteiger partial charge in [-0.05, 0) is 19.1 Å². The predicted molar refractivity (Wildman–Crippen MR) is 57.6 cm³/mol. The van der Waals surface area contributed by atoms with Crippen LogP contribution in [0.5, 0.6) is 0 Å². The quantitative estimate of drug-likeness (QED) is 0.698. The average Bonchev–Trinajstić information content (AvgIpc) is 2.69. The fourth-order valence-corrected chi connectivity index (χ4v) is 1.36. The number of benzene rings is 1. The van der Waals surface area contributed by atoms with Gasteiger partial charge in [-0.3, -0.25) is 4.79 Å². The summed E-state index contributed by atoms with van der Waals surface area (Å²) in [6, 6.07) is 7.41. The van der Waals surface area contributed by atoms with Gasteiger partial charge in [0.1, 0.15) is 5.52 Å². The Bertz CT molecular complexity index is 513. The van der Waals surface area contributed by atoms with Crippen LogP contribution in [0, 0.1) is 0 Å². The van der Waals surface area contributed by atoms with Crippen molar-refractivity contribution < 1.29 is 4.79 Å². The number of allylic oxidation sites excluding steroid dienone is 2. The number of hydrogen-bond acceptors (Lipinski definition) is 3. The zero-order valence-electron chi connectivity index (χ0n) is 8.42. The standard InChI is InChI=1S/C11H11N3O/c1-2-3-8-11(15)14-10-7-5-4-6-9(10)12-13-14/h2-7H,8H2,1H3/b3-2+. The van der Waals surface area contributed by atoms with Gasteiger partial charge in [0.2, 0.25) is 0 Å². The van der Waals surface area contributed by atoms with Crippen LogP contribution in [0.25, 0.3) is 11.0 Å². The Morgan fingerprint density at radius 2 is 2.27 bits per heavy atom. The second kappa shape index (κ2) is 4.04. The number of nitrogens with zero attached hydrogens (tertiary/aromatic N) is 3. The molecule has 0 fully saturated rings. The maximum absolute atomic E-state index is 11.7. The molecule has 1 aromatic heterocycles. The van der Waals surface area contributed by atoms with Crippen LogP contribution >= 0.6 is 0 Å². The minimum Gasteiger partial charge on any atom is -0.272 e. The van der Waals surface area contributed by atoms with Gasteiger partial charge in [-0.1, -0.05) is 29.5 Å². The Hall–Kier alpha value is -1.97. The highest BCUT2D eigenvalue weighted by atomic mass is 16.2. The predicted octanol–water partition coefficient (Wildman–Crippen LogP) is 2.04. The zero-order chi connectivity index (χ0) is 10.7. The maximum Gasteiger partial charge on any atom is 0.252 e. The number of hydrogen-bond donors (Lipinski definition) is 0. The molecule has 0 aliphatic heterocycles. The van der Waals surface area contributed by atoms with Crippen molar-refractivity contribution in [2.24, 2.45) is 0 Å². The molecule has 2 aromatic rings. The average molecular weight is 201 g/mol. The Balaban J connectivity index is 2.39. The third-order valence-electron chi connectivity index (χ3n) is 2.12. The molecule has 0 N–H and O–H groups in total. The molecule has 0 amide bonds. The van der Waals surface area contributed by atoms with Crippen molar-refractivity contribution in [3.8, 4) is 0 Å². The molecule has 0 atom stereocenters. The van der Waals surface area contributed by atoms with Gasteiger partial charge in [0.25, 0.3) is 5.91 Å². The second-order valence-electron chi connectivity index (χ2n) is 3.16. The fraction of sp³-hybridized carbons (Fsp3) is 0.182. The molecule has 15 heavy (non-hydrogen) atoms. The number of rotatable bonds is 2. The summed E-state index contributed by atoms with van der Waals surface area (Å²) in [7, 11) is 0. The molecular formula is C11H11N3O. The largest absolute Gasteiger partial charge is 0.272 e. The van der Waals surface area contributed by atoms with Crippen LogP contribution in [-0.4, -0.2) is 20.9 Å². The van der Waals surface area contributed by atoms with E-state index in [1.807, 2.05) is 37.3 Å². The topological polar surface area (TPSA) is 47.8 Å². The van der Waals surface area contributed by atoms with Crippen LogP contribution in [0.3, 0.4) is 0 Å². The molecule has 2 rings (SSSR count). The molecule has 0 saturated carbocycles. The molecule has 4 heteroatoms. The van der Waals surface area contributed by atoms with Gasteiger partial charge in [0, 0.05) is 6.42 Å². The molecule has 1 aromatic carbocycles. The number of carbonyl (C=O) groups is 1. The van der Waals surface area contributed by atoms with Crippen molar-refractivity contribution in [2.45, 2.75) is 13.3 Å². The lowest BCUT2D eigenvalue weighted by Crippen LogP contribution is -2.10. The molecule has 0 bridgehead atoms.